The third kappa shape index (κ3) is 52.0. The van der Waals surface area contributed by atoms with Gasteiger partial charge in [-0.1, -0.05) is 249 Å². The second kappa shape index (κ2) is 54.6. The quantitative estimate of drug-likeness (QED) is 0.0199. The zero-order valence-corrected chi connectivity index (χ0v) is 43.0. The summed E-state index contributed by atoms with van der Waals surface area (Å²) in [5, 5.41) is 0. The lowest BCUT2D eigenvalue weighted by Crippen LogP contribution is -2.30. The fraction of sp³-hybridized carbons (Fsp3) is 0.532. The molecule has 0 saturated heterocycles. The van der Waals surface area contributed by atoms with Gasteiger partial charge in [0.25, 0.3) is 0 Å². The number of hydrogen-bond acceptors (Lipinski definition) is 6. The van der Waals surface area contributed by atoms with Gasteiger partial charge in [-0.05, 0) is 83.5 Å². The zero-order valence-electron chi connectivity index (χ0n) is 43.0. The molecule has 0 fully saturated rings. The van der Waals surface area contributed by atoms with Gasteiger partial charge in [0.15, 0.2) is 6.10 Å². The molecule has 0 aromatic heterocycles. The van der Waals surface area contributed by atoms with Gasteiger partial charge in [-0.2, -0.15) is 0 Å². The second-order valence-electron chi connectivity index (χ2n) is 17.0. The van der Waals surface area contributed by atoms with Crippen molar-refractivity contribution in [1.82, 2.24) is 0 Å². The van der Waals surface area contributed by atoms with E-state index in [1.54, 1.807) is 0 Å². The fourth-order valence-electron chi connectivity index (χ4n) is 6.57. The maximum atomic E-state index is 12.8. The Morgan fingerprint density at radius 1 is 0.309 bits per heavy atom. The van der Waals surface area contributed by atoms with Crippen molar-refractivity contribution in [2.24, 2.45) is 0 Å². The molecule has 0 aliphatic carbocycles. The topological polar surface area (TPSA) is 78.9 Å². The maximum absolute atomic E-state index is 12.8. The molecule has 0 aliphatic rings. The highest BCUT2D eigenvalue weighted by Gasteiger charge is 2.19. The first-order valence-electron chi connectivity index (χ1n) is 26.7. The summed E-state index contributed by atoms with van der Waals surface area (Å²) >= 11 is 0. The van der Waals surface area contributed by atoms with Crippen molar-refractivity contribution in [2.45, 2.75) is 200 Å². The first-order valence-corrected chi connectivity index (χ1v) is 26.7. The van der Waals surface area contributed by atoms with Crippen LogP contribution in [0.3, 0.4) is 0 Å². The molecule has 0 N–H and O–H groups in total. The predicted octanol–water partition coefficient (Wildman–Crippen LogP) is 17.8. The Balaban J connectivity index is 4.61. The molecule has 0 rings (SSSR count). The molecule has 0 amide bonds. The summed E-state index contributed by atoms with van der Waals surface area (Å²) < 4.78 is 16.7. The fourth-order valence-corrected chi connectivity index (χ4v) is 6.57. The Kier molecular flexibility index (Phi) is 50.6. The maximum Gasteiger partial charge on any atom is 0.306 e. The van der Waals surface area contributed by atoms with Crippen LogP contribution in [-0.2, 0) is 28.6 Å². The van der Waals surface area contributed by atoms with Crippen LogP contribution in [0.5, 0.6) is 0 Å². The molecule has 0 radical (unpaired) electrons. The van der Waals surface area contributed by atoms with Gasteiger partial charge in [-0.15, -0.1) is 0 Å². The van der Waals surface area contributed by atoms with Crippen LogP contribution in [-0.4, -0.2) is 37.2 Å². The van der Waals surface area contributed by atoms with Gasteiger partial charge in [0.05, 0.1) is 0 Å². The zero-order chi connectivity index (χ0) is 49.3. The Morgan fingerprint density at radius 3 is 1.01 bits per heavy atom. The molecule has 1 atom stereocenters. The molecule has 6 nitrogen and oxygen atoms in total. The molecular weight excluding hydrogens is 841 g/mol. The van der Waals surface area contributed by atoms with E-state index in [0.717, 1.165) is 103 Å². The predicted molar refractivity (Wildman–Crippen MR) is 292 cm³/mol. The molecule has 6 heteroatoms. The number of esters is 3. The monoisotopic (exact) mass is 935 g/mol. The lowest BCUT2D eigenvalue weighted by atomic mass is 10.1. The van der Waals surface area contributed by atoms with Gasteiger partial charge in [0.1, 0.15) is 13.2 Å². The number of allylic oxidation sites excluding steroid dienone is 26. The number of unbranched alkanes of at least 4 members (excludes halogenated alkanes) is 18. The van der Waals surface area contributed by atoms with E-state index in [0.29, 0.717) is 12.8 Å². The minimum atomic E-state index is -0.825. The SMILES string of the molecule is CC\C=C/C=C\C=C/C=C\C=C\C=C/C=C\CCCCCC(=O)OCC(COC(=O)CCCCC/C=C\CCCCCCCC)OC(=O)CCCCCCC\C=C/C=C\C=C/C=C\C=C/CCC. The third-order valence-electron chi connectivity index (χ3n) is 10.5. The molecule has 0 spiro atoms. The molecule has 378 valence electrons. The first kappa shape index (κ1) is 63.0. The number of rotatable bonds is 45. The van der Waals surface area contributed by atoms with E-state index in [-0.39, 0.29) is 44.0 Å². The number of carbonyl (C=O) groups is 3. The van der Waals surface area contributed by atoms with Crippen molar-refractivity contribution >= 4 is 17.9 Å². The van der Waals surface area contributed by atoms with Gasteiger partial charge in [-0.25, -0.2) is 0 Å². The largest absolute Gasteiger partial charge is 0.462 e. The molecule has 1 unspecified atom stereocenters. The lowest BCUT2D eigenvalue weighted by molar-refractivity contribution is -0.167. The van der Waals surface area contributed by atoms with E-state index in [9.17, 15) is 14.4 Å². The average Bonchev–Trinajstić information content (AvgIpc) is 3.34. The normalized spacial score (nSPS) is 13.4. The van der Waals surface area contributed by atoms with Crippen LogP contribution in [0.1, 0.15) is 194 Å². The summed E-state index contributed by atoms with van der Waals surface area (Å²) in [4.78, 5) is 38.1. The minimum Gasteiger partial charge on any atom is -0.462 e. The van der Waals surface area contributed by atoms with Gasteiger partial charge in [0, 0.05) is 19.3 Å². The number of hydrogen-bond donors (Lipinski definition) is 0. The summed E-state index contributed by atoms with van der Waals surface area (Å²) in [5.74, 6) is -1.02. The summed E-state index contributed by atoms with van der Waals surface area (Å²) in [6.45, 7) is 6.29. The van der Waals surface area contributed by atoms with Crippen LogP contribution in [0.4, 0.5) is 0 Å². The van der Waals surface area contributed by atoms with E-state index < -0.39 is 6.10 Å². The Bertz CT molecular complexity index is 1590. The van der Waals surface area contributed by atoms with Crippen LogP contribution in [0, 0.1) is 0 Å². The van der Waals surface area contributed by atoms with Crippen molar-refractivity contribution in [1.29, 1.82) is 0 Å². The highest BCUT2D eigenvalue weighted by molar-refractivity contribution is 5.71. The van der Waals surface area contributed by atoms with Crippen molar-refractivity contribution in [3.63, 3.8) is 0 Å². The van der Waals surface area contributed by atoms with Crippen LogP contribution < -0.4 is 0 Å². The molecule has 0 aromatic rings. The Morgan fingerprint density at radius 2 is 0.618 bits per heavy atom. The van der Waals surface area contributed by atoms with E-state index >= 15 is 0 Å². The van der Waals surface area contributed by atoms with E-state index in [4.69, 9.17) is 14.2 Å². The Hall–Kier alpha value is -4.97. The van der Waals surface area contributed by atoms with Crippen LogP contribution in [0.25, 0.3) is 0 Å². The molecule has 68 heavy (non-hydrogen) atoms. The van der Waals surface area contributed by atoms with Gasteiger partial charge in [-0.3, -0.25) is 14.4 Å². The molecule has 0 saturated carbocycles. The third-order valence-corrected chi connectivity index (χ3v) is 10.5. The van der Waals surface area contributed by atoms with Crippen molar-refractivity contribution < 1.29 is 28.6 Å². The average molecular weight is 935 g/mol. The van der Waals surface area contributed by atoms with Gasteiger partial charge < -0.3 is 14.2 Å². The molecule has 0 aliphatic heterocycles. The second-order valence-corrected chi connectivity index (χ2v) is 17.0. The summed E-state index contributed by atoms with van der Waals surface area (Å²) in [5.41, 5.74) is 0. The van der Waals surface area contributed by atoms with Crippen molar-refractivity contribution in [3.05, 3.63) is 158 Å². The number of carbonyl (C=O) groups excluding carboxylic acids is 3. The van der Waals surface area contributed by atoms with Gasteiger partial charge >= 0.3 is 17.9 Å². The number of ether oxygens (including phenoxy) is 3. The molecule has 0 heterocycles. The van der Waals surface area contributed by atoms with E-state index in [1.165, 1.54) is 44.9 Å². The minimum absolute atomic E-state index is 0.119. The molecule has 0 bridgehead atoms. The summed E-state index contributed by atoms with van der Waals surface area (Å²) in [7, 11) is 0. The van der Waals surface area contributed by atoms with Crippen LogP contribution in [0.15, 0.2) is 158 Å². The molecule has 0 aromatic carbocycles. The first-order chi connectivity index (χ1) is 33.5. The Labute approximate surface area is 416 Å². The standard InChI is InChI=1S/C62H94O6/c1-4-7-10-13-16-19-22-25-27-29-31-33-34-37-40-43-46-49-52-55-61(64)67-58-59(57-66-60(63)54-51-48-45-42-39-36-24-21-18-15-12-9-6-3)68-62(65)56-53-50-47-44-41-38-35-32-30-28-26-23-20-17-14-11-8-5-2/h7,10-11,13-14,16-17,19-20,22-23,25-37,39-40,59H,4-6,8-9,12,15,18,21,24,38,41-58H2,1-3H3/b10-7-,14-11-,16-13-,20-17-,22-19-,26-23-,27-25-,30-28-,31-29+,34-33-,35-32-,39-36-,40-37-. The lowest BCUT2D eigenvalue weighted by Gasteiger charge is -2.18. The smallest absolute Gasteiger partial charge is 0.306 e. The van der Waals surface area contributed by atoms with E-state index in [1.807, 2.05) is 109 Å². The van der Waals surface area contributed by atoms with Gasteiger partial charge in [0.2, 0.25) is 0 Å². The van der Waals surface area contributed by atoms with Crippen LogP contribution in [0.2, 0.25) is 0 Å². The van der Waals surface area contributed by atoms with Crippen molar-refractivity contribution in [2.75, 3.05) is 13.2 Å². The summed E-state index contributed by atoms with van der Waals surface area (Å²) in [6.07, 6.45) is 79.3. The van der Waals surface area contributed by atoms with E-state index in [2.05, 4.69) is 69.4 Å². The molecular formula is C62H94O6. The highest BCUT2D eigenvalue weighted by atomic mass is 16.6. The highest BCUT2D eigenvalue weighted by Crippen LogP contribution is 2.12. The van der Waals surface area contributed by atoms with Crippen molar-refractivity contribution in [3.8, 4) is 0 Å². The summed E-state index contributed by atoms with van der Waals surface area (Å²) in [6, 6.07) is 0. The van der Waals surface area contributed by atoms with Crippen LogP contribution >= 0.6 is 0 Å².